The molecule has 20 heavy (non-hydrogen) atoms. The molecule has 0 saturated carbocycles. The molecule has 1 N–H and O–H groups in total. The normalized spacial score (nSPS) is 13.7. The summed E-state index contributed by atoms with van der Waals surface area (Å²) in [4.78, 5) is 23.8. The van der Waals surface area contributed by atoms with E-state index in [0.717, 1.165) is 29.7 Å². The molecule has 0 aromatic carbocycles. The number of thiophene rings is 1. The van der Waals surface area contributed by atoms with E-state index in [1.807, 2.05) is 0 Å². The number of anilines is 1. The van der Waals surface area contributed by atoms with Crippen LogP contribution >= 0.6 is 34.5 Å². The Morgan fingerprint density at radius 3 is 2.60 bits per heavy atom. The monoisotopic (exact) mass is 335 g/mol. The lowest BCUT2D eigenvalue weighted by molar-refractivity contribution is -0.114. The summed E-state index contributed by atoms with van der Waals surface area (Å²) in [5, 5.41) is 3.09. The first-order valence-electron chi connectivity index (χ1n) is 6.34. The van der Waals surface area contributed by atoms with Crippen molar-refractivity contribution in [1.29, 1.82) is 0 Å². The van der Waals surface area contributed by atoms with Crippen molar-refractivity contribution in [3.8, 4) is 0 Å². The average Bonchev–Trinajstić information content (AvgIpc) is 2.86. The highest BCUT2D eigenvalue weighted by Crippen LogP contribution is 2.39. The van der Waals surface area contributed by atoms with Crippen LogP contribution in [0.25, 0.3) is 0 Å². The molecule has 0 atom stereocenters. The van der Waals surface area contributed by atoms with Crippen molar-refractivity contribution < 1.29 is 14.3 Å². The Hall–Kier alpha value is -0.780. The molecule has 0 spiro atoms. The maximum atomic E-state index is 12.2. The molecule has 0 radical (unpaired) electrons. The van der Waals surface area contributed by atoms with Crippen molar-refractivity contribution in [3.63, 3.8) is 0 Å². The molecule has 1 heterocycles. The van der Waals surface area contributed by atoms with E-state index in [9.17, 15) is 9.59 Å². The summed E-state index contributed by atoms with van der Waals surface area (Å²) < 4.78 is 5.25. The molecule has 1 aromatic heterocycles. The molecule has 0 fully saturated rings. The molecule has 4 nitrogen and oxygen atoms in total. The first kappa shape index (κ1) is 15.6. The highest BCUT2D eigenvalue weighted by atomic mass is 35.5. The molecule has 1 aromatic rings. The maximum absolute atomic E-state index is 12.2. The minimum absolute atomic E-state index is 0.211. The highest BCUT2D eigenvalue weighted by molar-refractivity contribution is 7.17. The predicted molar refractivity (Wildman–Crippen MR) is 81.0 cm³/mol. The van der Waals surface area contributed by atoms with Gasteiger partial charge in [0, 0.05) is 4.88 Å². The van der Waals surface area contributed by atoms with Crippen molar-refractivity contribution in [1.82, 2.24) is 0 Å². The number of esters is 1. The third-order valence-corrected chi connectivity index (χ3v) is 4.51. The molecule has 110 valence electrons. The quantitative estimate of drug-likeness (QED) is 0.676. The fourth-order valence-corrected chi connectivity index (χ4v) is 3.54. The zero-order valence-electron chi connectivity index (χ0n) is 11.2. The summed E-state index contributed by atoms with van der Waals surface area (Å²) in [6.07, 6.45) is 2.56. The van der Waals surface area contributed by atoms with Gasteiger partial charge in [-0.2, -0.15) is 0 Å². The molecule has 2 rings (SSSR count). The van der Waals surface area contributed by atoms with Gasteiger partial charge in [-0.25, -0.2) is 4.79 Å². The summed E-state index contributed by atoms with van der Waals surface area (Å²) in [7, 11) is 0. The summed E-state index contributed by atoms with van der Waals surface area (Å²) in [5.41, 5.74) is 1.44. The zero-order valence-corrected chi connectivity index (χ0v) is 13.5. The summed E-state index contributed by atoms with van der Waals surface area (Å²) >= 11 is 12.5. The Bertz CT molecular complexity index is 540. The van der Waals surface area contributed by atoms with Crippen LogP contribution < -0.4 is 5.32 Å². The van der Waals surface area contributed by atoms with Gasteiger partial charge in [0.15, 0.2) is 4.84 Å². The number of nitrogens with one attached hydrogen (secondary N) is 1. The van der Waals surface area contributed by atoms with E-state index in [0.29, 0.717) is 10.6 Å². The van der Waals surface area contributed by atoms with E-state index < -0.39 is 16.7 Å². The Kier molecular flexibility index (Phi) is 4.94. The van der Waals surface area contributed by atoms with E-state index in [2.05, 4.69) is 5.32 Å². The smallest absolute Gasteiger partial charge is 0.341 e. The van der Waals surface area contributed by atoms with Gasteiger partial charge in [-0.15, -0.1) is 11.3 Å². The molecule has 0 bridgehead atoms. The van der Waals surface area contributed by atoms with Gasteiger partial charge in [0.1, 0.15) is 5.00 Å². The van der Waals surface area contributed by atoms with Crippen LogP contribution in [0.1, 0.15) is 41.1 Å². The van der Waals surface area contributed by atoms with Crippen LogP contribution in [0.5, 0.6) is 0 Å². The first-order valence-corrected chi connectivity index (χ1v) is 8.03. The van der Waals surface area contributed by atoms with Crippen LogP contribution in [0.2, 0.25) is 0 Å². The second-order valence-corrected chi connectivity index (χ2v) is 7.01. The molecule has 7 heteroatoms. The van der Waals surface area contributed by atoms with Crippen molar-refractivity contribution in [2.75, 3.05) is 5.32 Å². The number of fused-ring (bicyclic) bond motifs is 1. The minimum Gasteiger partial charge on any atom is -0.459 e. The number of amides is 1. The van der Waals surface area contributed by atoms with Gasteiger partial charge in [0.05, 0.1) is 11.7 Å². The molecule has 0 aliphatic heterocycles. The van der Waals surface area contributed by atoms with Crippen molar-refractivity contribution in [2.24, 2.45) is 0 Å². The third kappa shape index (κ3) is 3.27. The minimum atomic E-state index is -1.17. The van der Waals surface area contributed by atoms with E-state index in [1.54, 1.807) is 13.8 Å². The topological polar surface area (TPSA) is 55.4 Å². The second-order valence-electron chi connectivity index (χ2n) is 4.81. The summed E-state index contributed by atoms with van der Waals surface area (Å²) in [6, 6.07) is 0. The average molecular weight is 336 g/mol. The van der Waals surface area contributed by atoms with Crippen LogP contribution in [0.3, 0.4) is 0 Å². The van der Waals surface area contributed by atoms with Gasteiger partial charge in [0.25, 0.3) is 5.91 Å². The number of hydrogen-bond acceptors (Lipinski definition) is 4. The lowest BCUT2D eigenvalue weighted by Gasteiger charge is -2.11. The Balaban J connectivity index is 2.32. The van der Waals surface area contributed by atoms with Gasteiger partial charge in [0.2, 0.25) is 0 Å². The Morgan fingerprint density at radius 1 is 1.30 bits per heavy atom. The zero-order chi connectivity index (χ0) is 14.9. The second kappa shape index (κ2) is 6.33. The number of ether oxygens (including phenoxy) is 1. The molecule has 1 amide bonds. The van der Waals surface area contributed by atoms with Crippen LogP contribution in [0.15, 0.2) is 0 Å². The number of halogens is 2. The number of hydrogen-bond donors (Lipinski definition) is 1. The predicted octanol–water partition coefficient (Wildman–Crippen LogP) is 3.54. The number of carbonyl (C=O) groups excluding carboxylic acids is 2. The lowest BCUT2D eigenvalue weighted by Crippen LogP contribution is -2.20. The van der Waals surface area contributed by atoms with Crippen LogP contribution in [-0.2, 0) is 22.4 Å². The Labute approximate surface area is 131 Å². The molecule has 0 unspecified atom stereocenters. The SMILES string of the molecule is CC(C)OC(=O)c1c(NC(=O)C(Cl)Cl)sc2c1CCC2. The van der Waals surface area contributed by atoms with Crippen LogP contribution in [-0.4, -0.2) is 22.8 Å². The van der Waals surface area contributed by atoms with Gasteiger partial charge in [-0.05, 0) is 38.7 Å². The summed E-state index contributed by atoms with van der Waals surface area (Å²) in [6.45, 7) is 3.58. The number of aryl methyl sites for hydroxylation is 1. The van der Waals surface area contributed by atoms with E-state index in [-0.39, 0.29) is 6.10 Å². The summed E-state index contributed by atoms with van der Waals surface area (Å²) in [5.74, 6) is -0.942. The fraction of sp³-hybridized carbons (Fsp3) is 0.538. The van der Waals surface area contributed by atoms with E-state index in [1.165, 1.54) is 11.3 Å². The van der Waals surface area contributed by atoms with Crippen molar-refractivity contribution in [2.45, 2.75) is 44.1 Å². The van der Waals surface area contributed by atoms with Crippen molar-refractivity contribution >= 4 is 51.4 Å². The van der Waals surface area contributed by atoms with Gasteiger partial charge < -0.3 is 10.1 Å². The first-order chi connectivity index (χ1) is 9.40. The van der Waals surface area contributed by atoms with Gasteiger partial charge in [-0.3, -0.25) is 4.79 Å². The Morgan fingerprint density at radius 2 is 2.00 bits per heavy atom. The standard InChI is InChI=1S/C13H15Cl2NO3S/c1-6(2)19-13(18)9-7-4-3-5-8(7)20-12(9)16-11(17)10(14)15/h6,10H,3-5H2,1-2H3,(H,16,17). The molecular weight excluding hydrogens is 321 g/mol. The fourth-order valence-electron chi connectivity index (χ4n) is 2.15. The van der Waals surface area contributed by atoms with Crippen LogP contribution in [0, 0.1) is 0 Å². The van der Waals surface area contributed by atoms with E-state index in [4.69, 9.17) is 27.9 Å². The lowest BCUT2D eigenvalue weighted by atomic mass is 10.1. The van der Waals surface area contributed by atoms with Gasteiger partial charge in [-0.1, -0.05) is 23.2 Å². The molecular formula is C13H15Cl2NO3S. The maximum Gasteiger partial charge on any atom is 0.341 e. The molecule has 0 saturated heterocycles. The van der Waals surface area contributed by atoms with Gasteiger partial charge >= 0.3 is 5.97 Å². The number of carbonyl (C=O) groups is 2. The highest BCUT2D eigenvalue weighted by Gasteiger charge is 2.29. The van der Waals surface area contributed by atoms with Crippen molar-refractivity contribution in [3.05, 3.63) is 16.0 Å². The third-order valence-electron chi connectivity index (χ3n) is 2.90. The molecule has 1 aliphatic rings. The molecule has 1 aliphatic carbocycles. The van der Waals surface area contributed by atoms with Crippen LogP contribution in [0.4, 0.5) is 5.00 Å². The number of rotatable bonds is 4. The van der Waals surface area contributed by atoms with E-state index >= 15 is 0 Å². The number of alkyl halides is 2. The largest absolute Gasteiger partial charge is 0.459 e.